The fraction of sp³-hybridized carbons (Fsp3) is 0.483. The molecule has 9 nitrogen and oxygen atoms in total. The fourth-order valence-corrected chi connectivity index (χ4v) is 8.26. The number of nitrogens with two attached hydrogens (primary N) is 2. The Bertz CT molecular complexity index is 1740. The Balaban J connectivity index is 0.000000474. The molecule has 264 valence electrons. The molecule has 2 aromatic carbocycles. The number of carbonyl (C=O) groups is 2. The molecule has 0 saturated heterocycles. The first-order valence-corrected chi connectivity index (χ1v) is 17.5. The number of hydrogen-bond acceptors (Lipinski definition) is 6. The van der Waals surface area contributed by atoms with Gasteiger partial charge in [-0.3, -0.25) is 9.59 Å². The van der Waals surface area contributed by atoms with Gasteiger partial charge in [-0.05, 0) is 87.5 Å². The summed E-state index contributed by atoms with van der Waals surface area (Å²) in [6, 6.07) is 2.71. The average molecular weight is 736 g/mol. The molecule has 2 atom stereocenters. The minimum Gasteiger partial charge on any atom is -0.370 e. The SMILES string of the molecule is CCCC(C)S(=O)(=O)c1cc(C)c(C(=O)Cl)cc1C(F)(F)F.CCCC(C)S(=O)(=O)c1cc(C)c(C(=O)N=C(N)N)cc1C(F)(F)F. The van der Waals surface area contributed by atoms with Crippen molar-refractivity contribution in [2.45, 2.75) is 99.9 Å². The first-order valence-electron chi connectivity index (χ1n) is 14.0. The van der Waals surface area contributed by atoms with Crippen molar-refractivity contribution in [3.05, 3.63) is 57.6 Å². The maximum absolute atomic E-state index is 13.4. The number of halogens is 7. The average Bonchev–Trinajstić information content (AvgIpc) is 2.91. The van der Waals surface area contributed by atoms with Gasteiger partial charge in [0, 0.05) is 11.1 Å². The van der Waals surface area contributed by atoms with Gasteiger partial charge in [0.1, 0.15) is 0 Å². The van der Waals surface area contributed by atoms with Crippen LogP contribution in [0.3, 0.4) is 0 Å². The van der Waals surface area contributed by atoms with Crippen molar-refractivity contribution in [1.29, 1.82) is 0 Å². The third kappa shape index (κ3) is 10.4. The molecular weight excluding hydrogens is 700 g/mol. The van der Waals surface area contributed by atoms with E-state index in [4.69, 9.17) is 23.1 Å². The first kappa shape index (κ1) is 41.8. The lowest BCUT2D eigenvalue weighted by atomic mass is 10.0. The summed E-state index contributed by atoms with van der Waals surface area (Å²) in [7, 11) is -8.37. The Kier molecular flexibility index (Phi) is 14.1. The van der Waals surface area contributed by atoms with Crippen LogP contribution in [0.15, 0.2) is 39.0 Å². The van der Waals surface area contributed by atoms with Crippen molar-refractivity contribution in [2.75, 3.05) is 0 Å². The van der Waals surface area contributed by atoms with Crippen LogP contribution in [0.25, 0.3) is 0 Å². The highest BCUT2D eigenvalue weighted by Crippen LogP contribution is 2.39. The Morgan fingerprint density at radius 1 is 0.745 bits per heavy atom. The molecule has 2 unspecified atom stereocenters. The molecule has 2 aromatic rings. The van der Waals surface area contributed by atoms with Gasteiger partial charge >= 0.3 is 12.4 Å². The number of aryl methyl sites for hydroxylation is 2. The second kappa shape index (κ2) is 15.8. The predicted molar refractivity (Wildman–Crippen MR) is 166 cm³/mol. The fourth-order valence-electron chi connectivity index (χ4n) is 4.45. The number of guanidine groups is 1. The number of benzene rings is 2. The van der Waals surface area contributed by atoms with E-state index in [9.17, 15) is 52.8 Å². The van der Waals surface area contributed by atoms with Gasteiger partial charge in [-0.15, -0.1) is 0 Å². The molecule has 0 bridgehead atoms. The molecule has 18 heteroatoms. The van der Waals surface area contributed by atoms with Crippen molar-refractivity contribution in [3.8, 4) is 0 Å². The normalized spacial score (nSPS) is 13.6. The van der Waals surface area contributed by atoms with Crippen LogP contribution >= 0.6 is 11.6 Å². The van der Waals surface area contributed by atoms with Crippen molar-refractivity contribution >= 4 is 48.4 Å². The summed E-state index contributed by atoms with van der Waals surface area (Å²) in [6.07, 6.45) is -8.37. The molecule has 0 aliphatic heterocycles. The molecule has 0 saturated carbocycles. The number of nitrogens with zero attached hydrogens (tertiary/aromatic N) is 1. The molecule has 0 aromatic heterocycles. The smallest absolute Gasteiger partial charge is 0.370 e. The van der Waals surface area contributed by atoms with Crippen LogP contribution in [0.5, 0.6) is 0 Å². The zero-order chi connectivity index (χ0) is 36.9. The Morgan fingerprint density at radius 3 is 1.38 bits per heavy atom. The molecule has 2 rings (SSSR count). The number of aliphatic imine (C=N–C) groups is 1. The van der Waals surface area contributed by atoms with Crippen molar-refractivity contribution in [3.63, 3.8) is 0 Å². The number of rotatable bonds is 10. The van der Waals surface area contributed by atoms with Gasteiger partial charge < -0.3 is 11.5 Å². The summed E-state index contributed by atoms with van der Waals surface area (Å²) >= 11 is 5.25. The molecule has 0 aliphatic carbocycles. The molecule has 0 radical (unpaired) electrons. The van der Waals surface area contributed by atoms with Crippen molar-refractivity contribution in [1.82, 2.24) is 0 Å². The topological polar surface area (TPSA) is 167 Å². The van der Waals surface area contributed by atoms with Gasteiger partial charge in [0.05, 0.1) is 31.4 Å². The molecule has 0 aliphatic rings. The summed E-state index contributed by atoms with van der Waals surface area (Å²) in [5, 5.41) is -3.00. The van der Waals surface area contributed by atoms with E-state index in [1.807, 2.05) is 0 Å². The van der Waals surface area contributed by atoms with Gasteiger partial charge in [0.2, 0.25) is 0 Å². The van der Waals surface area contributed by atoms with Crippen LogP contribution in [-0.2, 0) is 32.0 Å². The van der Waals surface area contributed by atoms with Crippen molar-refractivity contribution in [2.24, 2.45) is 16.5 Å². The van der Waals surface area contributed by atoms with Crippen LogP contribution < -0.4 is 11.5 Å². The molecular formula is C29H36ClF6N3O6S2. The van der Waals surface area contributed by atoms with Gasteiger partial charge in [-0.2, -0.15) is 31.3 Å². The van der Waals surface area contributed by atoms with Gasteiger partial charge in [-0.25, -0.2) is 16.8 Å². The molecule has 0 heterocycles. The summed E-state index contributed by atoms with van der Waals surface area (Å²) in [5.74, 6) is -1.68. The molecule has 4 N–H and O–H groups in total. The molecule has 0 fully saturated rings. The number of sulfone groups is 2. The Labute approximate surface area is 274 Å². The highest BCUT2D eigenvalue weighted by atomic mass is 35.5. The van der Waals surface area contributed by atoms with Crippen molar-refractivity contribution < 1.29 is 52.8 Å². The third-order valence-electron chi connectivity index (χ3n) is 7.00. The van der Waals surface area contributed by atoms with E-state index < -0.39 is 86.1 Å². The number of carbonyl (C=O) groups excluding carboxylic acids is 2. The minimum atomic E-state index is -4.96. The highest BCUT2D eigenvalue weighted by molar-refractivity contribution is 7.92. The van der Waals surface area contributed by atoms with Gasteiger partial charge in [0.15, 0.2) is 25.6 Å². The second-order valence-electron chi connectivity index (χ2n) is 10.7. The first-order chi connectivity index (χ1) is 21.2. The lowest BCUT2D eigenvalue weighted by Gasteiger charge is -2.19. The highest BCUT2D eigenvalue weighted by Gasteiger charge is 2.41. The summed E-state index contributed by atoms with van der Waals surface area (Å²) < 4.78 is 130. The van der Waals surface area contributed by atoms with E-state index in [2.05, 4.69) is 4.99 Å². The maximum Gasteiger partial charge on any atom is 0.417 e. The quantitative estimate of drug-likeness (QED) is 0.117. The standard InChI is InChI=1S/C15H20F3N3O3S.C14H16ClF3O3S/c1-4-5-9(3)25(23,24)12-6-8(2)10(13(22)21-14(19)20)7-11(12)15(16,17)18;1-4-5-9(3)22(20,21)12-6-8(2)10(13(15)19)7-11(12)14(16,17)18/h6-7,9H,4-5H2,1-3H3,(H4,19,20,21,22);6-7,9H,4-5H2,1-3H3. The largest absolute Gasteiger partial charge is 0.417 e. The lowest BCUT2D eigenvalue weighted by molar-refractivity contribution is -0.140. The molecule has 0 spiro atoms. The number of hydrogen-bond donors (Lipinski definition) is 2. The lowest BCUT2D eigenvalue weighted by Crippen LogP contribution is -2.25. The van der Waals surface area contributed by atoms with Crippen LogP contribution in [0.2, 0.25) is 0 Å². The zero-order valence-electron chi connectivity index (χ0n) is 26.3. The monoisotopic (exact) mass is 735 g/mol. The Hall–Kier alpha value is -3.18. The molecule has 1 amide bonds. The van der Waals surface area contributed by atoms with E-state index in [-0.39, 0.29) is 29.5 Å². The van der Waals surface area contributed by atoms with Gasteiger partial charge in [-0.1, -0.05) is 26.7 Å². The second-order valence-corrected chi connectivity index (χ2v) is 15.7. The van der Waals surface area contributed by atoms with E-state index >= 15 is 0 Å². The van der Waals surface area contributed by atoms with E-state index in [1.165, 1.54) is 27.7 Å². The predicted octanol–water partition coefficient (Wildman–Crippen LogP) is 6.74. The zero-order valence-corrected chi connectivity index (χ0v) is 28.7. The van der Waals surface area contributed by atoms with E-state index in [0.29, 0.717) is 25.0 Å². The van der Waals surface area contributed by atoms with Gasteiger partial charge in [0.25, 0.3) is 11.1 Å². The molecule has 47 heavy (non-hydrogen) atoms. The summed E-state index contributed by atoms with van der Waals surface area (Å²) in [6.45, 7) is 8.87. The maximum atomic E-state index is 13.4. The van der Waals surface area contributed by atoms with E-state index in [0.717, 1.165) is 12.1 Å². The van der Waals surface area contributed by atoms with Crippen LogP contribution in [0.1, 0.15) is 96.3 Å². The Morgan fingerprint density at radius 2 is 1.09 bits per heavy atom. The van der Waals surface area contributed by atoms with Crippen LogP contribution in [0.4, 0.5) is 26.3 Å². The van der Waals surface area contributed by atoms with Crippen LogP contribution in [0, 0.1) is 13.8 Å². The number of alkyl halides is 6. The summed E-state index contributed by atoms with van der Waals surface area (Å²) in [5.41, 5.74) is 6.73. The summed E-state index contributed by atoms with van der Waals surface area (Å²) in [4.78, 5) is 24.6. The minimum absolute atomic E-state index is 0.0327. The van der Waals surface area contributed by atoms with Crippen LogP contribution in [-0.4, -0.2) is 44.4 Å². The van der Waals surface area contributed by atoms with E-state index in [1.54, 1.807) is 13.8 Å². The third-order valence-corrected chi connectivity index (χ3v) is 11.7. The number of amides is 1.